The average molecular weight is 309 g/mol. The molecule has 0 radical (unpaired) electrons. The number of hydrogen-bond acceptors (Lipinski definition) is 2. The zero-order valence-corrected chi connectivity index (χ0v) is 13.6. The Labute approximate surface area is 132 Å². The van der Waals surface area contributed by atoms with E-state index >= 15 is 0 Å². The molecule has 2 fully saturated rings. The molecule has 2 aliphatic carbocycles. The van der Waals surface area contributed by atoms with E-state index < -0.39 is 5.60 Å². The molecular weight excluding hydrogens is 284 g/mol. The Bertz CT molecular complexity index is 496. The number of rotatable bonds is 3. The molecule has 0 saturated heterocycles. The lowest BCUT2D eigenvalue weighted by Gasteiger charge is -2.42. The van der Waals surface area contributed by atoms with Crippen LogP contribution in [-0.4, -0.2) is 17.8 Å². The van der Waals surface area contributed by atoms with E-state index in [4.69, 9.17) is 16.3 Å². The molecule has 0 unspecified atom stereocenters. The van der Waals surface area contributed by atoms with E-state index in [2.05, 4.69) is 0 Å². The quantitative estimate of drug-likeness (QED) is 0.872. The number of benzene rings is 1. The summed E-state index contributed by atoms with van der Waals surface area (Å²) < 4.78 is 5.41. The van der Waals surface area contributed by atoms with Gasteiger partial charge in [-0.2, -0.15) is 0 Å². The minimum Gasteiger partial charge on any atom is -0.496 e. The van der Waals surface area contributed by atoms with Crippen LogP contribution in [0, 0.1) is 5.41 Å². The normalized spacial score (nSPS) is 23.4. The Hall–Kier alpha value is -0.730. The first kappa shape index (κ1) is 15.2. The van der Waals surface area contributed by atoms with Crippen molar-refractivity contribution in [2.75, 3.05) is 7.11 Å². The molecule has 21 heavy (non-hydrogen) atoms. The summed E-state index contributed by atoms with van der Waals surface area (Å²) in [5, 5.41) is 11.7. The fourth-order valence-corrected chi connectivity index (χ4v) is 4.48. The van der Waals surface area contributed by atoms with Gasteiger partial charge >= 0.3 is 0 Å². The zero-order valence-electron chi connectivity index (χ0n) is 12.8. The van der Waals surface area contributed by atoms with Crippen molar-refractivity contribution in [1.82, 2.24) is 0 Å². The first-order valence-corrected chi connectivity index (χ1v) is 8.47. The number of halogens is 1. The molecule has 3 rings (SSSR count). The third-order valence-electron chi connectivity index (χ3n) is 5.67. The molecule has 0 heterocycles. The van der Waals surface area contributed by atoms with Gasteiger partial charge in [0.2, 0.25) is 0 Å². The van der Waals surface area contributed by atoms with Crippen LogP contribution in [0.15, 0.2) is 18.2 Å². The SMILES string of the molecule is COc1ccc(Cl)cc1CC1(O)CCC2(CCCC2)CC1. The molecule has 2 aliphatic rings. The molecule has 2 nitrogen and oxygen atoms in total. The molecule has 0 aliphatic heterocycles. The second-order valence-electron chi connectivity index (χ2n) is 7.06. The second-order valence-corrected chi connectivity index (χ2v) is 7.50. The van der Waals surface area contributed by atoms with Gasteiger partial charge in [0.1, 0.15) is 5.75 Å². The van der Waals surface area contributed by atoms with Gasteiger partial charge in [-0.3, -0.25) is 0 Å². The van der Waals surface area contributed by atoms with Crippen LogP contribution in [0.25, 0.3) is 0 Å². The molecule has 1 aromatic rings. The highest BCUT2D eigenvalue weighted by atomic mass is 35.5. The summed E-state index contributed by atoms with van der Waals surface area (Å²) in [6, 6.07) is 5.66. The molecular formula is C18H25ClO2. The minimum absolute atomic E-state index is 0.546. The van der Waals surface area contributed by atoms with Crippen LogP contribution in [0.2, 0.25) is 5.02 Å². The second kappa shape index (κ2) is 5.81. The predicted molar refractivity (Wildman–Crippen MR) is 86.0 cm³/mol. The van der Waals surface area contributed by atoms with Crippen LogP contribution in [0.1, 0.15) is 56.9 Å². The first-order valence-electron chi connectivity index (χ1n) is 8.09. The van der Waals surface area contributed by atoms with Crippen LogP contribution < -0.4 is 4.74 Å². The largest absolute Gasteiger partial charge is 0.496 e. The van der Waals surface area contributed by atoms with Gasteiger partial charge in [0.15, 0.2) is 0 Å². The lowest BCUT2D eigenvalue weighted by molar-refractivity contribution is -0.0325. The molecule has 0 amide bonds. The summed E-state index contributed by atoms with van der Waals surface area (Å²) in [7, 11) is 1.67. The van der Waals surface area contributed by atoms with Gasteiger partial charge in [-0.15, -0.1) is 0 Å². The highest BCUT2D eigenvalue weighted by molar-refractivity contribution is 6.30. The van der Waals surface area contributed by atoms with Gasteiger partial charge in [0, 0.05) is 11.4 Å². The Morgan fingerprint density at radius 3 is 2.38 bits per heavy atom. The Morgan fingerprint density at radius 1 is 1.10 bits per heavy atom. The Morgan fingerprint density at radius 2 is 1.76 bits per heavy atom. The third-order valence-corrected chi connectivity index (χ3v) is 5.90. The van der Waals surface area contributed by atoms with Crippen LogP contribution in [0.5, 0.6) is 5.75 Å². The minimum atomic E-state index is -0.591. The maximum Gasteiger partial charge on any atom is 0.122 e. The fourth-order valence-electron chi connectivity index (χ4n) is 4.29. The standard InChI is InChI=1S/C18H25ClO2/c1-21-16-5-4-15(19)12-14(16)13-18(20)10-8-17(9-11-18)6-2-3-7-17/h4-5,12,20H,2-3,6-11,13H2,1H3. The summed E-state index contributed by atoms with van der Waals surface area (Å²) in [5.41, 5.74) is 0.978. The lowest BCUT2D eigenvalue weighted by Crippen LogP contribution is -2.39. The van der Waals surface area contributed by atoms with Crippen molar-refractivity contribution in [2.24, 2.45) is 5.41 Å². The molecule has 116 valence electrons. The van der Waals surface area contributed by atoms with Crippen molar-refractivity contribution < 1.29 is 9.84 Å². The molecule has 2 saturated carbocycles. The lowest BCUT2D eigenvalue weighted by atomic mass is 9.66. The molecule has 3 heteroatoms. The van der Waals surface area contributed by atoms with Gasteiger partial charge in [-0.05, 0) is 67.7 Å². The molecule has 0 atom stereocenters. The zero-order chi connectivity index (χ0) is 14.9. The topological polar surface area (TPSA) is 29.5 Å². The summed E-state index contributed by atoms with van der Waals surface area (Å²) in [6.45, 7) is 0. The van der Waals surface area contributed by atoms with E-state index in [0.717, 1.165) is 24.2 Å². The van der Waals surface area contributed by atoms with E-state index in [9.17, 15) is 5.11 Å². The number of ether oxygens (including phenoxy) is 1. The maximum absolute atomic E-state index is 11.0. The van der Waals surface area contributed by atoms with Crippen molar-refractivity contribution >= 4 is 11.6 Å². The van der Waals surface area contributed by atoms with Gasteiger partial charge in [-0.25, -0.2) is 0 Å². The predicted octanol–water partition coefficient (Wildman–Crippen LogP) is 4.76. The molecule has 1 spiro atoms. The third kappa shape index (κ3) is 3.22. The fraction of sp³-hybridized carbons (Fsp3) is 0.667. The molecule has 0 aromatic heterocycles. The van der Waals surface area contributed by atoms with Crippen molar-refractivity contribution in [1.29, 1.82) is 0 Å². The molecule has 1 N–H and O–H groups in total. The summed E-state index contributed by atoms with van der Waals surface area (Å²) in [6.07, 6.45) is 10.3. The monoisotopic (exact) mass is 308 g/mol. The van der Waals surface area contributed by atoms with Crippen molar-refractivity contribution in [2.45, 2.75) is 63.4 Å². The smallest absolute Gasteiger partial charge is 0.122 e. The maximum atomic E-state index is 11.0. The van der Waals surface area contributed by atoms with E-state index in [0.29, 0.717) is 16.9 Å². The van der Waals surface area contributed by atoms with Gasteiger partial charge in [0.25, 0.3) is 0 Å². The number of methoxy groups -OCH3 is 1. The first-order chi connectivity index (χ1) is 10.0. The van der Waals surface area contributed by atoms with E-state index in [-0.39, 0.29) is 0 Å². The van der Waals surface area contributed by atoms with Gasteiger partial charge in [-0.1, -0.05) is 24.4 Å². The van der Waals surface area contributed by atoms with E-state index in [1.54, 1.807) is 7.11 Å². The summed E-state index contributed by atoms with van der Waals surface area (Å²) in [4.78, 5) is 0. The highest BCUT2D eigenvalue weighted by Crippen LogP contribution is 2.52. The van der Waals surface area contributed by atoms with Crippen LogP contribution in [0.4, 0.5) is 0 Å². The summed E-state index contributed by atoms with van der Waals surface area (Å²) >= 11 is 6.10. The van der Waals surface area contributed by atoms with E-state index in [1.165, 1.54) is 38.5 Å². The molecule has 0 bridgehead atoms. The van der Waals surface area contributed by atoms with Crippen LogP contribution in [-0.2, 0) is 6.42 Å². The molecule has 1 aromatic carbocycles. The van der Waals surface area contributed by atoms with Gasteiger partial charge in [0.05, 0.1) is 12.7 Å². The Kier molecular flexibility index (Phi) is 4.20. The van der Waals surface area contributed by atoms with Crippen molar-refractivity contribution in [3.05, 3.63) is 28.8 Å². The van der Waals surface area contributed by atoms with Gasteiger partial charge < -0.3 is 9.84 Å². The van der Waals surface area contributed by atoms with Crippen LogP contribution in [0.3, 0.4) is 0 Å². The Balaban J connectivity index is 1.71. The van der Waals surface area contributed by atoms with Crippen molar-refractivity contribution in [3.63, 3.8) is 0 Å². The van der Waals surface area contributed by atoms with E-state index in [1.807, 2.05) is 18.2 Å². The van der Waals surface area contributed by atoms with Crippen molar-refractivity contribution in [3.8, 4) is 5.75 Å². The highest BCUT2D eigenvalue weighted by Gasteiger charge is 2.43. The number of hydrogen-bond donors (Lipinski definition) is 1. The summed E-state index contributed by atoms with van der Waals surface area (Å²) in [5.74, 6) is 0.828. The average Bonchev–Trinajstić information content (AvgIpc) is 2.92. The van der Waals surface area contributed by atoms with Crippen LogP contribution >= 0.6 is 11.6 Å². The number of aliphatic hydroxyl groups is 1.